The van der Waals surface area contributed by atoms with Crippen molar-refractivity contribution in [1.82, 2.24) is 5.32 Å². The minimum Gasteiger partial charge on any atom is -0.388 e. The summed E-state index contributed by atoms with van der Waals surface area (Å²) in [5, 5.41) is 13.6. The molecule has 1 aliphatic carbocycles. The molecule has 0 aliphatic heterocycles. The quantitative estimate of drug-likeness (QED) is 0.879. The maximum atomic E-state index is 12.3. The number of hydrogen-bond acceptors (Lipinski definition) is 3. The lowest BCUT2D eigenvalue weighted by Gasteiger charge is -2.35. The summed E-state index contributed by atoms with van der Waals surface area (Å²) in [6, 6.07) is 7.51. The van der Waals surface area contributed by atoms with Crippen LogP contribution < -0.4 is 10.2 Å². The molecule has 2 rings (SSSR count). The standard InChI is InChI=1S/C18H28N2O2/c1-18(22,15-9-5-4-6-10-15)13-19-17(21)14-8-7-11-16(12-14)20(2)3/h7-8,11-12,15,22H,4-6,9-10,13H2,1-3H3,(H,19,21). The summed E-state index contributed by atoms with van der Waals surface area (Å²) >= 11 is 0. The first kappa shape index (κ1) is 16.8. The van der Waals surface area contributed by atoms with Crippen molar-refractivity contribution in [3.05, 3.63) is 29.8 Å². The average molecular weight is 304 g/mol. The number of amides is 1. The minimum atomic E-state index is -0.824. The topological polar surface area (TPSA) is 52.6 Å². The summed E-state index contributed by atoms with van der Waals surface area (Å²) in [5.41, 5.74) is 0.798. The summed E-state index contributed by atoms with van der Waals surface area (Å²) in [4.78, 5) is 14.3. The van der Waals surface area contributed by atoms with Crippen molar-refractivity contribution in [2.45, 2.75) is 44.6 Å². The van der Waals surface area contributed by atoms with Crippen molar-refractivity contribution in [2.75, 3.05) is 25.5 Å². The van der Waals surface area contributed by atoms with E-state index in [1.807, 2.05) is 44.1 Å². The Balaban J connectivity index is 1.95. The smallest absolute Gasteiger partial charge is 0.251 e. The number of nitrogens with zero attached hydrogens (tertiary/aromatic N) is 1. The van der Waals surface area contributed by atoms with E-state index >= 15 is 0 Å². The Labute approximate surface area is 133 Å². The van der Waals surface area contributed by atoms with Crippen molar-refractivity contribution < 1.29 is 9.90 Å². The van der Waals surface area contributed by atoms with E-state index in [4.69, 9.17) is 0 Å². The Bertz CT molecular complexity index is 506. The molecule has 0 bridgehead atoms. The largest absolute Gasteiger partial charge is 0.388 e. The van der Waals surface area contributed by atoms with E-state index in [1.54, 1.807) is 6.07 Å². The Morgan fingerprint density at radius 2 is 2.00 bits per heavy atom. The molecule has 1 aromatic rings. The number of nitrogens with one attached hydrogen (secondary N) is 1. The molecule has 122 valence electrons. The highest BCUT2D eigenvalue weighted by molar-refractivity contribution is 5.95. The third-order valence-corrected chi connectivity index (χ3v) is 4.72. The van der Waals surface area contributed by atoms with Gasteiger partial charge in [0.15, 0.2) is 0 Å². The molecule has 4 heteroatoms. The van der Waals surface area contributed by atoms with Gasteiger partial charge in [-0.25, -0.2) is 0 Å². The van der Waals surface area contributed by atoms with Gasteiger partial charge < -0.3 is 15.3 Å². The lowest BCUT2D eigenvalue weighted by molar-refractivity contribution is -0.0143. The molecule has 22 heavy (non-hydrogen) atoms. The second kappa shape index (κ2) is 7.14. The van der Waals surface area contributed by atoms with Crippen LogP contribution in [-0.2, 0) is 0 Å². The van der Waals surface area contributed by atoms with Gasteiger partial charge in [-0.2, -0.15) is 0 Å². The van der Waals surface area contributed by atoms with Gasteiger partial charge in [-0.15, -0.1) is 0 Å². The van der Waals surface area contributed by atoms with Crippen LogP contribution in [0.5, 0.6) is 0 Å². The van der Waals surface area contributed by atoms with Crippen LogP contribution >= 0.6 is 0 Å². The number of anilines is 1. The maximum Gasteiger partial charge on any atom is 0.251 e. The van der Waals surface area contributed by atoms with Crippen LogP contribution in [0.2, 0.25) is 0 Å². The predicted octanol–water partition coefficient (Wildman–Crippen LogP) is 2.81. The van der Waals surface area contributed by atoms with E-state index in [1.165, 1.54) is 19.3 Å². The van der Waals surface area contributed by atoms with Crippen LogP contribution in [0.15, 0.2) is 24.3 Å². The third-order valence-electron chi connectivity index (χ3n) is 4.72. The van der Waals surface area contributed by atoms with E-state index in [0.717, 1.165) is 18.5 Å². The molecule has 1 amide bonds. The molecular weight excluding hydrogens is 276 g/mol. The van der Waals surface area contributed by atoms with Crippen LogP contribution in [0.3, 0.4) is 0 Å². The fourth-order valence-corrected chi connectivity index (χ4v) is 3.16. The lowest BCUT2D eigenvalue weighted by atomic mass is 9.78. The number of carbonyl (C=O) groups is 1. The monoisotopic (exact) mass is 304 g/mol. The molecule has 1 saturated carbocycles. The normalized spacial score (nSPS) is 18.5. The second-order valence-corrected chi connectivity index (χ2v) is 6.82. The zero-order valence-corrected chi connectivity index (χ0v) is 13.9. The molecule has 1 atom stereocenters. The van der Waals surface area contributed by atoms with Crippen LogP contribution in [-0.4, -0.2) is 37.3 Å². The van der Waals surface area contributed by atoms with Crippen LogP contribution in [0.1, 0.15) is 49.4 Å². The van der Waals surface area contributed by atoms with E-state index < -0.39 is 5.60 Å². The first-order valence-electron chi connectivity index (χ1n) is 8.18. The predicted molar refractivity (Wildman–Crippen MR) is 90.3 cm³/mol. The van der Waals surface area contributed by atoms with Gasteiger partial charge >= 0.3 is 0 Å². The van der Waals surface area contributed by atoms with Crippen LogP contribution in [0.25, 0.3) is 0 Å². The minimum absolute atomic E-state index is 0.125. The Hall–Kier alpha value is -1.55. The second-order valence-electron chi connectivity index (χ2n) is 6.82. The first-order valence-corrected chi connectivity index (χ1v) is 8.18. The van der Waals surface area contributed by atoms with Gasteiger partial charge in [-0.3, -0.25) is 4.79 Å². The number of hydrogen-bond donors (Lipinski definition) is 2. The van der Waals surface area contributed by atoms with E-state index in [-0.39, 0.29) is 11.8 Å². The van der Waals surface area contributed by atoms with Gasteiger partial charge in [-0.1, -0.05) is 25.3 Å². The molecule has 1 fully saturated rings. The number of benzene rings is 1. The SMILES string of the molecule is CN(C)c1cccc(C(=O)NCC(C)(O)C2CCCCC2)c1. The highest BCUT2D eigenvalue weighted by Crippen LogP contribution is 2.32. The van der Waals surface area contributed by atoms with Gasteiger partial charge in [-0.05, 0) is 43.9 Å². The highest BCUT2D eigenvalue weighted by Gasteiger charge is 2.33. The van der Waals surface area contributed by atoms with E-state index in [0.29, 0.717) is 12.1 Å². The van der Waals surface area contributed by atoms with Gasteiger partial charge in [0.2, 0.25) is 0 Å². The molecule has 4 nitrogen and oxygen atoms in total. The fourth-order valence-electron chi connectivity index (χ4n) is 3.16. The van der Waals surface area contributed by atoms with Crippen LogP contribution in [0.4, 0.5) is 5.69 Å². The molecule has 1 unspecified atom stereocenters. The summed E-state index contributed by atoms with van der Waals surface area (Å²) in [6.45, 7) is 2.15. The molecule has 0 aromatic heterocycles. The molecule has 0 spiro atoms. The number of carbonyl (C=O) groups excluding carboxylic acids is 1. The van der Waals surface area contributed by atoms with E-state index in [9.17, 15) is 9.90 Å². The maximum absolute atomic E-state index is 12.3. The Morgan fingerprint density at radius 1 is 1.32 bits per heavy atom. The molecule has 2 N–H and O–H groups in total. The zero-order chi connectivity index (χ0) is 16.2. The third kappa shape index (κ3) is 4.23. The van der Waals surface area contributed by atoms with Crippen molar-refractivity contribution >= 4 is 11.6 Å². The summed E-state index contributed by atoms with van der Waals surface area (Å²) < 4.78 is 0. The van der Waals surface area contributed by atoms with Crippen molar-refractivity contribution in [2.24, 2.45) is 5.92 Å². The first-order chi connectivity index (χ1) is 10.4. The van der Waals surface area contributed by atoms with Crippen molar-refractivity contribution in [1.29, 1.82) is 0 Å². The van der Waals surface area contributed by atoms with Crippen LogP contribution in [0, 0.1) is 5.92 Å². The molecule has 0 heterocycles. The Morgan fingerprint density at radius 3 is 2.64 bits per heavy atom. The molecule has 0 saturated heterocycles. The summed E-state index contributed by atoms with van der Waals surface area (Å²) in [7, 11) is 3.90. The molecule has 1 aliphatic rings. The summed E-state index contributed by atoms with van der Waals surface area (Å²) in [5.74, 6) is 0.162. The molecular formula is C18H28N2O2. The Kier molecular flexibility index (Phi) is 5.46. The molecule has 0 radical (unpaired) electrons. The highest BCUT2D eigenvalue weighted by atomic mass is 16.3. The van der Waals surface area contributed by atoms with Gasteiger partial charge in [0.25, 0.3) is 5.91 Å². The van der Waals surface area contributed by atoms with Gasteiger partial charge in [0.1, 0.15) is 0 Å². The fraction of sp³-hybridized carbons (Fsp3) is 0.611. The van der Waals surface area contributed by atoms with Gasteiger partial charge in [0.05, 0.1) is 5.60 Å². The molecule has 1 aromatic carbocycles. The van der Waals surface area contributed by atoms with Gasteiger partial charge in [0, 0.05) is 31.9 Å². The number of aliphatic hydroxyl groups is 1. The van der Waals surface area contributed by atoms with E-state index in [2.05, 4.69) is 5.32 Å². The van der Waals surface area contributed by atoms with Crippen molar-refractivity contribution in [3.8, 4) is 0 Å². The average Bonchev–Trinajstić information content (AvgIpc) is 2.53. The summed E-state index contributed by atoms with van der Waals surface area (Å²) in [6.07, 6.45) is 5.73. The lowest BCUT2D eigenvalue weighted by Crippen LogP contribution is -2.46. The zero-order valence-electron chi connectivity index (χ0n) is 13.9. The number of rotatable bonds is 5. The van der Waals surface area contributed by atoms with Crippen molar-refractivity contribution in [3.63, 3.8) is 0 Å².